The number of rotatable bonds is 6. The van der Waals surface area contributed by atoms with E-state index < -0.39 is 28.6 Å². The molecule has 5 aliphatic rings. The van der Waals surface area contributed by atoms with Crippen LogP contribution in [-0.2, 0) is 14.3 Å². The molecule has 1 N–H and O–H groups in total. The number of halogens is 3. The van der Waals surface area contributed by atoms with E-state index in [4.69, 9.17) is 9.47 Å². The van der Waals surface area contributed by atoms with Crippen LogP contribution >= 0.6 is 0 Å². The van der Waals surface area contributed by atoms with Crippen LogP contribution in [0.5, 0.6) is 0 Å². The lowest BCUT2D eigenvalue weighted by molar-refractivity contribution is -0.350. The van der Waals surface area contributed by atoms with Crippen molar-refractivity contribution in [2.75, 3.05) is 0 Å². The van der Waals surface area contributed by atoms with Gasteiger partial charge >= 0.3 is 12.1 Å². The molecule has 5 rings (SSSR count). The maximum Gasteiger partial charge on any atom is 0.419 e. The fourth-order valence-electron chi connectivity index (χ4n) is 7.73. The lowest BCUT2D eigenvalue weighted by Gasteiger charge is -2.67. The highest BCUT2D eigenvalue weighted by Crippen LogP contribution is 2.70. The molecule has 3 atom stereocenters. The van der Waals surface area contributed by atoms with E-state index in [0.29, 0.717) is 36.7 Å². The Bertz CT molecular complexity index is 777. The van der Waals surface area contributed by atoms with E-state index in [0.717, 1.165) is 51.9 Å². The van der Waals surface area contributed by atoms with Crippen LogP contribution < -0.4 is 0 Å². The molecule has 7 heteroatoms. The highest BCUT2D eigenvalue weighted by Gasteiger charge is 2.69. The van der Waals surface area contributed by atoms with Crippen LogP contribution in [0.15, 0.2) is 12.2 Å². The second-order valence-electron chi connectivity index (χ2n) is 12.0. The minimum absolute atomic E-state index is 0.345. The zero-order valence-electron chi connectivity index (χ0n) is 19.7. The highest BCUT2D eigenvalue weighted by atomic mass is 19.4. The van der Waals surface area contributed by atoms with Gasteiger partial charge in [0.25, 0.3) is 0 Å². The quantitative estimate of drug-likeness (QED) is 0.400. The smallest absolute Gasteiger partial charge is 0.419 e. The van der Waals surface area contributed by atoms with Gasteiger partial charge in [0.15, 0.2) is 5.60 Å². The van der Waals surface area contributed by atoms with Gasteiger partial charge in [-0.2, -0.15) is 13.2 Å². The SMILES string of the molecule is C=C(C)C(=O)OC12CC3CC(C1)CC(C1(OC(C)(C)C(C)(O)C(F)(F)F)CCCC1)(C3)C2. The van der Waals surface area contributed by atoms with Crippen LogP contribution in [0.4, 0.5) is 13.2 Å². The van der Waals surface area contributed by atoms with E-state index in [1.54, 1.807) is 6.92 Å². The van der Waals surface area contributed by atoms with Crippen molar-refractivity contribution < 1.29 is 32.5 Å². The summed E-state index contributed by atoms with van der Waals surface area (Å²) in [6.07, 6.45) is 3.41. The van der Waals surface area contributed by atoms with Gasteiger partial charge in [0, 0.05) is 11.0 Å². The van der Waals surface area contributed by atoms with E-state index in [2.05, 4.69) is 6.58 Å². The average molecular weight is 459 g/mol. The predicted octanol–water partition coefficient (Wildman–Crippen LogP) is 5.87. The first-order valence-electron chi connectivity index (χ1n) is 11.9. The second kappa shape index (κ2) is 7.21. The molecule has 0 saturated heterocycles. The largest absolute Gasteiger partial charge is 0.456 e. The van der Waals surface area contributed by atoms with E-state index in [9.17, 15) is 23.1 Å². The number of carbonyl (C=O) groups excluding carboxylic acids is 1. The molecule has 0 amide bonds. The number of aliphatic hydroxyl groups is 1. The van der Waals surface area contributed by atoms with Crippen LogP contribution in [0, 0.1) is 17.3 Å². The van der Waals surface area contributed by atoms with Crippen LogP contribution in [0.25, 0.3) is 0 Å². The molecular formula is C25H37F3O4. The lowest BCUT2D eigenvalue weighted by atomic mass is 9.43. The van der Waals surface area contributed by atoms with E-state index in [1.165, 1.54) is 13.8 Å². The zero-order chi connectivity index (χ0) is 23.8. The van der Waals surface area contributed by atoms with Crippen LogP contribution in [-0.4, -0.2) is 39.7 Å². The lowest BCUT2D eigenvalue weighted by Crippen LogP contribution is -2.68. The fourth-order valence-corrected chi connectivity index (χ4v) is 7.73. The maximum absolute atomic E-state index is 13.8. The number of hydrogen-bond donors (Lipinski definition) is 1. The Hall–Kier alpha value is -1.08. The number of esters is 1. The minimum Gasteiger partial charge on any atom is -0.456 e. The molecule has 182 valence electrons. The maximum atomic E-state index is 13.8. The first-order valence-corrected chi connectivity index (χ1v) is 11.9. The van der Waals surface area contributed by atoms with Gasteiger partial charge in [-0.15, -0.1) is 0 Å². The zero-order valence-corrected chi connectivity index (χ0v) is 19.7. The molecule has 5 saturated carbocycles. The third-order valence-corrected chi connectivity index (χ3v) is 9.22. The van der Waals surface area contributed by atoms with Crippen molar-refractivity contribution >= 4 is 5.97 Å². The number of ether oxygens (including phenoxy) is 2. The number of carbonyl (C=O) groups is 1. The summed E-state index contributed by atoms with van der Waals surface area (Å²) in [7, 11) is 0. The van der Waals surface area contributed by atoms with E-state index >= 15 is 0 Å². The Kier molecular flexibility index (Phi) is 5.42. The summed E-state index contributed by atoms with van der Waals surface area (Å²) in [6, 6.07) is 0. The van der Waals surface area contributed by atoms with Crippen molar-refractivity contribution in [3.63, 3.8) is 0 Å². The molecule has 32 heavy (non-hydrogen) atoms. The van der Waals surface area contributed by atoms with Crippen molar-refractivity contribution in [1.82, 2.24) is 0 Å². The topological polar surface area (TPSA) is 55.8 Å². The minimum atomic E-state index is -4.81. The number of alkyl halides is 3. The van der Waals surface area contributed by atoms with Gasteiger partial charge < -0.3 is 14.6 Å². The van der Waals surface area contributed by atoms with E-state index in [-0.39, 0.29) is 11.4 Å². The first-order chi connectivity index (χ1) is 14.6. The van der Waals surface area contributed by atoms with Gasteiger partial charge in [-0.1, -0.05) is 19.4 Å². The van der Waals surface area contributed by atoms with Crippen molar-refractivity contribution in [2.45, 2.75) is 120 Å². The molecule has 0 heterocycles. The summed E-state index contributed by atoms with van der Waals surface area (Å²) >= 11 is 0. The third kappa shape index (κ3) is 3.53. The molecule has 3 unspecified atom stereocenters. The normalized spacial score (nSPS) is 37.9. The Morgan fingerprint density at radius 3 is 2.03 bits per heavy atom. The Morgan fingerprint density at radius 1 is 1.03 bits per heavy atom. The van der Waals surface area contributed by atoms with Gasteiger partial charge in [0.05, 0.1) is 5.60 Å². The summed E-state index contributed by atoms with van der Waals surface area (Å²) in [5.74, 6) is 0.367. The predicted molar refractivity (Wildman–Crippen MR) is 114 cm³/mol. The van der Waals surface area contributed by atoms with Gasteiger partial charge in [-0.05, 0) is 90.9 Å². The van der Waals surface area contributed by atoms with Crippen LogP contribution in [0.1, 0.15) is 91.9 Å². The molecule has 0 aromatic carbocycles. The highest BCUT2D eigenvalue weighted by molar-refractivity contribution is 5.87. The molecule has 4 bridgehead atoms. The van der Waals surface area contributed by atoms with Crippen molar-refractivity contribution in [3.05, 3.63) is 12.2 Å². The van der Waals surface area contributed by atoms with Crippen molar-refractivity contribution in [1.29, 1.82) is 0 Å². The molecule has 5 aliphatic carbocycles. The summed E-state index contributed by atoms with van der Waals surface area (Å²) in [5.41, 5.74) is -6.13. The summed E-state index contributed by atoms with van der Waals surface area (Å²) in [6.45, 7) is 8.90. The van der Waals surface area contributed by atoms with E-state index in [1.807, 2.05) is 0 Å². The van der Waals surface area contributed by atoms with Crippen molar-refractivity contribution in [3.8, 4) is 0 Å². The molecule has 4 nitrogen and oxygen atoms in total. The summed E-state index contributed by atoms with van der Waals surface area (Å²) in [4.78, 5) is 12.5. The van der Waals surface area contributed by atoms with Gasteiger partial charge in [-0.3, -0.25) is 0 Å². The van der Waals surface area contributed by atoms with Gasteiger partial charge in [0.2, 0.25) is 0 Å². The molecule has 5 fully saturated rings. The Labute approximate surface area is 188 Å². The average Bonchev–Trinajstić information content (AvgIpc) is 3.08. The molecule has 0 aliphatic heterocycles. The monoisotopic (exact) mass is 458 g/mol. The van der Waals surface area contributed by atoms with Crippen molar-refractivity contribution in [2.24, 2.45) is 17.3 Å². The molecule has 0 spiro atoms. The molecular weight excluding hydrogens is 421 g/mol. The van der Waals surface area contributed by atoms with Gasteiger partial charge in [-0.25, -0.2) is 4.79 Å². The van der Waals surface area contributed by atoms with Gasteiger partial charge in [0.1, 0.15) is 11.2 Å². The standard InChI is InChI=1S/C25H37F3O4/c1-16(2)19(29)31-23-13-17-10-18(14-23)12-22(11-17,15-23)24(8-6-7-9-24)32-20(3,4)21(5,30)25(26,27)28/h17-18,30H,1,6-15H2,2-5H3. The van der Waals surface area contributed by atoms with Crippen LogP contribution in [0.3, 0.4) is 0 Å². The summed E-state index contributed by atoms with van der Waals surface area (Å²) in [5, 5.41) is 10.5. The fraction of sp³-hybridized carbons (Fsp3) is 0.880. The molecule has 0 aromatic heterocycles. The third-order valence-electron chi connectivity index (χ3n) is 9.22. The Balaban J connectivity index is 1.71. The second-order valence-corrected chi connectivity index (χ2v) is 12.0. The number of hydrogen-bond acceptors (Lipinski definition) is 4. The molecule has 0 aromatic rings. The summed E-state index contributed by atoms with van der Waals surface area (Å²) < 4.78 is 53.9. The first kappa shape index (κ1) is 24.1. The van der Waals surface area contributed by atoms with Crippen LogP contribution in [0.2, 0.25) is 0 Å². The molecule has 0 radical (unpaired) electrons. The Morgan fingerprint density at radius 2 is 1.56 bits per heavy atom.